The Morgan fingerprint density at radius 2 is 1.75 bits per heavy atom. The fraction of sp³-hybridized carbons (Fsp3) is 0.235. The molecule has 1 fully saturated rings. The number of piperazine rings is 1. The normalized spacial score (nSPS) is 15.8. The van der Waals surface area contributed by atoms with Crippen LogP contribution in [0.15, 0.2) is 59.6 Å². The Labute approximate surface area is 140 Å². The highest BCUT2D eigenvalue weighted by Crippen LogP contribution is 2.25. The van der Waals surface area contributed by atoms with Crippen LogP contribution in [-0.2, 0) is 10.0 Å². The van der Waals surface area contributed by atoms with Crippen molar-refractivity contribution < 1.29 is 8.42 Å². The average molecular weight is 342 g/mol. The smallest absolute Gasteiger partial charge is 0.283 e. The number of hydrogen-bond donors (Lipinski definition) is 1. The first-order chi connectivity index (χ1) is 11.7. The van der Waals surface area contributed by atoms with Gasteiger partial charge in [0.1, 0.15) is 0 Å². The van der Waals surface area contributed by atoms with E-state index in [0.29, 0.717) is 5.52 Å². The number of rotatable bonds is 3. The van der Waals surface area contributed by atoms with E-state index >= 15 is 0 Å². The van der Waals surface area contributed by atoms with Gasteiger partial charge in [0.2, 0.25) is 0 Å². The minimum atomic E-state index is -3.70. The topological polar surface area (TPSA) is 67.2 Å². The summed E-state index contributed by atoms with van der Waals surface area (Å²) in [7, 11) is -3.70. The highest BCUT2D eigenvalue weighted by Gasteiger charge is 2.21. The van der Waals surface area contributed by atoms with Gasteiger partial charge in [-0.3, -0.25) is 0 Å². The average Bonchev–Trinajstić information content (AvgIpc) is 3.07. The number of nitrogens with one attached hydrogen (secondary N) is 1. The molecular formula is C17H18N4O2S. The molecule has 0 saturated carbocycles. The molecule has 0 unspecified atom stereocenters. The first kappa shape index (κ1) is 15.2. The Morgan fingerprint density at radius 1 is 1.00 bits per heavy atom. The molecule has 1 aliphatic heterocycles. The molecule has 3 aromatic rings. The van der Waals surface area contributed by atoms with Gasteiger partial charge in [0.05, 0.1) is 16.6 Å². The quantitative estimate of drug-likeness (QED) is 0.784. The van der Waals surface area contributed by atoms with Crippen molar-refractivity contribution >= 4 is 26.6 Å². The lowest BCUT2D eigenvalue weighted by atomic mass is 10.2. The summed E-state index contributed by atoms with van der Waals surface area (Å²) < 4.78 is 26.9. The Balaban J connectivity index is 1.81. The van der Waals surface area contributed by atoms with Crippen molar-refractivity contribution in [3.8, 4) is 0 Å². The van der Waals surface area contributed by atoms with Gasteiger partial charge in [0, 0.05) is 37.3 Å². The molecule has 24 heavy (non-hydrogen) atoms. The Hall–Kier alpha value is -2.38. The lowest BCUT2D eigenvalue weighted by Crippen LogP contribution is -2.43. The van der Waals surface area contributed by atoms with Gasteiger partial charge in [-0.25, -0.2) is 0 Å². The van der Waals surface area contributed by atoms with Crippen LogP contribution < -0.4 is 10.2 Å². The summed E-state index contributed by atoms with van der Waals surface area (Å²) in [6.45, 7) is 3.68. The predicted octanol–water partition coefficient (Wildman–Crippen LogP) is 1.68. The molecule has 2 heterocycles. The van der Waals surface area contributed by atoms with E-state index in [1.54, 1.807) is 36.5 Å². The van der Waals surface area contributed by atoms with Crippen LogP contribution in [0.1, 0.15) is 0 Å². The third-order valence-corrected chi connectivity index (χ3v) is 5.89. The van der Waals surface area contributed by atoms with Gasteiger partial charge in [0.15, 0.2) is 0 Å². The summed E-state index contributed by atoms with van der Waals surface area (Å²) in [5.74, 6) is 0. The number of fused-ring (bicyclic) bond motifs is 1. The van der Waals surface area contributed by atoms with Crippen molar-refractivity contribution in [1.29, 1.82) is 0 Å². The molecule has 0 aliphatic carbocycles. The second kappa shape index (κ2) is 5.92. The maximum atomic E-state index is 12.9. The molecule has 0 radical (unpaired) electrons. The van der Waals surface area contributed by atoms with Crippen LogP contribution in [0.25, 0.3) is 10.9 Å². The summed E-state index contributed by atoms with van der Waals surface area (Å²) in [6, 6.07) is 14.3. The molecule has 7 heteroatoms. The van der Waals surface area contributed by atoms with Crippen molar-refractivity contribution in [2.45, 2.75) is 4.90 Å². The lowest BCUT2D eigenvalue weighted by Gasteiger charge is -2.29. The van der Waals surface area contributed by atoms with Gasteiger partial charge in [-0.1, -0.05) is 18.2 Å². The fourth-order valence-corrected chi connectivity index (χ4v) is 4.28. The zero-order chi connectivity index (χ0) is 16.6. The molecular weight excluding hydrogens is 324 g/mol. The monoisotopic (exact) mass is 342 g/mol. The molecule has 1 saturated heterocycles. The number of hydrogen-bond acceptors (Lipinski definition) is 5. The molecule has 2 aromatic carbocycles. The van der Waals surface area contributed by atoms with Gasteiger partial charge < -0.3 is 10.2 Å². The molecule has 0 atom stereocenters. The molecule has 0 bridgehead atoms. The van der Waals surface area contributed by atoms with Crippen LogP contribution in [-0.4, -0.2) is 43.8 Å². The maximum absolute atomic E-state index is 12.9. The van der Waals surface area contributed by atoms with Crippen LogP contribution in [0.3, 0.4) is 0 Å². The minimum Gasteiger partial charge on any atom is -0.369 e. The van der Waals surface area contributed by atoms with Crippen LogP contribution in [0.5, 0.6) is 0 Å². The van der Waals surface area contributed by atoms with E-state index in [2.05, 4.69) is 15.3 Å². The predicted molar refractivity (Wildman–Crippen MR) is 93.8 cm³/mol. The zero-order valence-electron chi connectivity index (χ0n) is 13.1. The molecule has 124 valence electrons. The molecule has 6 nitrogen and oxygen atoms in total. The van der Waals surface area contributed by atoms with Gasteiger partial charge in [-0.15, -0.1) is 0 Å². The van der Waals surface area contributed by atoms with Crippen molar-refractivity contribution in [1.82, 2.24) is 14.5 Å². The van der Waals surface area contributed by atoms with Crippen molar-refractivity contribution in [2.24, 2.45) is 0 Å². The molecule has 1 N–H and O–H groups in total. The highest BCUT2D eigenvalue weighted by molar-refractivity contribution is 7.90. The van der Waals surface area contributed by atoms with Gasteiger partial charge in [-0.2, -0.15) is 17.6 Å². The third kappa shape index (κ3) is 2.55. The maximum Gasteiger partial charge on any atom is 0.283 e. The number of nitrogens with zero attached hydrogens (tertiary/aromatic N) is 3. The summed E-state index contributed by atoms with van der Waals surface area (Å²) in [5.41, 5.74) is 1.63. The van der Waals surface area contributed by atoms with E-state index in [4.69, 9.17) is 0 Å². The fourth-order valence-electron chi connectivity index (χ4n) is 2.99. The number of anilines is 1. The number of benzene rings is 2. The van der Waals surface area contributed by atoms with Crippen LogP contribution in [0, 0.1) is 0 Å². The standard InChI is InChI=1S/C17H18N4O2S/c22-24(23,16-4-2-1-3-5-16)21-17-12-15(7-6-14(17)13-19-21)20-10-8-18-9-11-20/h1-7,12-13,18H,8-11H2. The summed E-state index contributed by atoms with van der Waals surface area (Å²) in [4.78, 5) is 2.49. The molecule has 1 aliphatic rings. The second-order valence-corrected chi connectivity index (χ2v) is 7.55. The molecule has 1 aromatic heterocycles. The highest BCUT2D eigenvalue weighted by atomic mass is 32.2. The van der Waals surface area contributed by atoms with Crippen molar-refractivity contribution in [2.75, 3.05) is 31.1 Å². The number of aromatic nitrogens is 2. The Bertz CT molecular complexity index is 961. The summed E-state index contributed by atoms with van der Waals surface area (Å²) in [6.07, 6.45) is 1.59. The minimum absolute atomic E-state index is 0.238. The van der Waals surface area contributed by atoms with E-state index in [-0.39, 0.29) is 4.90 Å². The largest absolute Gasteiger partial charge is 0.369 e. The first-order valence-electron chi connectivity index (χ1n) is 7.90. The molecule has 4 rings (SSSR count). The van der Waals surface area contributed by atoms with E-state index in [1.807, 2.05) is 18.2 Å². The van der Waals surface area contributed by atoms with Crippen molar-refractivity contribution in [3.63, 3.8) is 0 Å². The van der Waals surface area contributed by atoms with E-state index in [9.17, 15) is 8.42 Å². The van der Waals surface area contributed by atoms with Gasteiger partial charge in [0.25, 0.3) is 10.0 Å². The Kier molecular flexibility index (Phi) is 3.74. The van der Waals surface area contributed by atoms with Gasteiger partial charge >= 0.3 is 0 Å². The SMILES string of the molecule is O=S(=O)(c1ccccc1)n1ncc2ccc(N3CCNCC3)cc21. The third-order valence-electron chi connectivity index (χ3n) is 4.27. The summed E-state index contributed by atoms with van der Waals surface area (Å²) >= 11 is 0. The van der Waals surface area contributed by atoms with Crippen LogP contribution in [0.2, 0.25) is 0 Å². The van der Waals surface area contributed by atoms with E-state index in [0.717, 1.165) is 41.3 Å². The first-order valence-corrected chi connectivity index (χ1v) is 9.34. The van der Waals surface area contributed by atoms with Crippen LogP contribution in [0.4, 0.5) is 5.69 Å². The van der Waals surface area contributed by atoms with E-state index in [1.165, 1.54) is 0 Å². The van der Waals surface area contributed by atoms with Gasteiger partial charge in [-0.05, 0) is 30.3 Å². The molecule has 0 spiro atoms. The van der Waals surface area contributed by atoms with Crippen LogP contribution >= 0.6 is 0 Å². The Morgan fingerprint density at radius 3 is 2.50 bits per heavy atom. The lowest BCUT2D eigenvalue weighted by molar-refractivity contribution is 0.582. The molecule has 0 amide bonds. The second-order valence-electron chi connectivity index (χ2n) is 5.79. The van der Waals surface area contributed by atoms with Crippen molar-refractivity contribution in [3.05, 3.63) is 54.7 Å². The van der Waals surface area contributed by atoms with E-state index < -0.39 is 10.0 Å². The zero-order valence-corrected chi connectivity index (χ0v) is 13.9. The summed E-state index contributed by atoms with van der Waals surface area (Å²) in [5, 5.41) is 8.26.